The second-order valence-electron chi connectivity index (χ2n) is 3.56. The van der Waals surface area contributed by atoms with Crippen LogP contribution >= 0.6 is 0 Å². The fraction of sp³-hybridized carbons (Fsp3) is 0.417. The number of aliphatic hydroxyl groups is 2. The molecule has 2 heteroatoms. The van der Waals surface area contributed by atoms with E-state index < -0.39 is 0 Å². The first kappa shape index (κ1) is 11.2. The van der Waals surface area contributed by atoms with Gasteiger partial charge in [-0.2, -0.15) is 0 Å². The second kappa shape index (κ2) is 5.78. The fourth-order valence-electron chi connectivity index (χ4n) is 1.62. The Morgan fingerprint density at radius 3 is 2.43 bits per heavy atom. The van der Waals surface area contributed by atoms with Gasteiger partial charge < -0.3 is 10.2 Å². The molecule has 1 unspecified atom stereocenters. The van der Waals surface area contributed by atoms with Crippen molar-refractivity contribution in [3.8, 4) is 0 Å². The van der Waals surface area contributed by atoms with Gasteiger partial charge in [-0.15, -0.1) is 0 Å². The van der Waals surface area contributed by atoms with E-state index in [2.05, 4.69) is 0 Å². The maximum absolute atomic E-state index is 9.25. The largest absolute Gasteiger partial charge is 0.396 e. The first-order valence-corrected chi connectivity index (χ1v) is 4.91. The molecular weight excluding hydrogens is 176 g/mol. The molecule has 0 fully saturated rings. The van der Waals surface area contributed by atoms with Crippen LogP contribution in [-0.2, 0) is 0 Å². The third-order valence-corrected chi connectivity index (χ3v) is 2.29. The molecule has 14 heavy (non-hydrogen) atoms. The zero-order chi connectivity index (χ0) is 10.4. The molecule has 0 aliphatic heterocycles. The lowest BCUT2D eigenvalue weighted by Crippen LogP contribution is -2.05. The molecule has 2 N–H and O–H groups in total. The molecule has 0 aliphatic carbocycles. The van der Waals surface area contributed by atoms with E-state index in [-0.39, 0.29) is 12.5 Å². The van der Waals surface area contributed by atoms with Crippen molar-refractivity contribution in [1.29, 1.82) is 0 Å². The highest BCUT2D eigenvalue weighted by atomic mass is 16.3. The summed E-state index contributed by atoms with van der Waals surface area (Å²) < 4.78 is 0. The maximum Gasteiger partial charge on any atom is 0.0908 e. The highest BCUT2D eigenvalue weighted by Crippen LogP contribution is 2.26. The predicted molar refractivity (Wildman–Crippen MR) is 56.4 cm³/mol. The molecule has 77 valence electrons. The second-order valence-corrected chi connectivity index (χ2v) is 3.56. The van der Waals surface area contributed by atoms with Crippen LogP contribution in [0.5, 0.6) is 0 Å². The van der Waals surface area contributed by atoms with Crippen LogP contribution in [0.1, 0.15) is 31.2 Å². The fourth-order valence-corrected chi connectivity index (χ4v) is 1.62. The van der Waals surface area contributed by atoms with Crippen LogP contribution in [0.4, 0.5) is 0 Å². The van der Waals surface area contributed by atoms with Gasteiger partial charge in [-0.25, -0.2) is 0 Å². The van der Waals surface area contributed by atoms with Crippen molar-refractivity contribution in [2.45, 2.75) is 25.7 Å². The van der Waals surface area contributed by atoms with Crippen LogP contribution in [0, 0.1) is 6.10 Å². The summed E-state index contributed by atoms with van der Waals surface area (Å²) in [4.78, 5) is 0. The van der Waals surface area contributed by atoms with Crippen LogP contribution in [0.3, 0.4) is 0 Å². The lowest BCUT2D eigenvalue weighted by molar-refractivity contribution is 0.246. The van der Waals surface area contributed by atoms with E-state index in [9.17, 15) is 5.11 Å². The predicted octanol–water partition coefficient (Wildman–Crippen LogP) is 2.47. The lowest BCUT2D eigenvalue weighted by atomic mass is 9.91. The minimum atomic E-state index is 0.160. The smallest absolute Gasteiger partial charge is 0.0908 e. The van der Waals surface area contributed by atoms with E-state index in [0.717, 1.165) is 0 Å². The Bertz CT molecular complexity index is 244. The van der Waals surface area contributed by atoms with Crippen LogP contribution in [0.2, 0.25) is 0 Å². The summed E-state index contributed by atoms with van der Waals surface area (Å²) >= 11 is 0. The van der Waals surface area contributed by atoms with Crippen LogP contribution in [0.15, 0.2) is 30.3 Å². The van der Waals surface area contributed by atoms with Gasteiger partial charge in [-0.05, 0) is 31.2 Å². The van der Waals surface area contributed by atoms with E-state index in [1.54, 1.807) is 6.92 Å². The Labute approximate surface area is 85.2 Å². The van der Waals surface area contributed by atoms with E-state index in [0.29, 0.717) is 18.9 Å². The Balaban J connectivity index is 2.67. The molecule has 1 rings (SSSR count). The minimum Gasteiger partial charge on any atom is -0.396 e. The molecule has 0 bridgehead atoms. The van der Waals surface area contributed by atoms with Crippen molar-refractivity contribution in [2.24, 2.45) is 0 Å². The molecule has 0 saturated heterocycles. The Kier molecular flexibility index (Phi) is 4.63. The van der Waals surface area contributed by atoms with Gasteiger partial charge in [0.1, 0.15) is 0 Å². The lowest BCUT2D eigenvalue weighted by Gasteiger charge is -2.17. The van der Waals surface area contributed by atoms with Crippen molar-refractivity contribution in [1.82, 2.24) is 0 Å². The Hall–Kier alpha value is -0.860. The summed E-state index contributed by atoms with van der Waals surface area (Å²) in [7, 11) is 0. The maximum atomic E-state index is 9.25. The van der Waals surface area contributed by atoms with E-state index in [4.69, 9.17) is 5.11 Å². The summed E-state index contributed by atoms with van der Waals surface area (Å²) in [6.07, 6.45) is 1.75. The molecule has 1 aromatic rings. The average Bonchev–Trinajstić information content (AvgIpc) is 2.18. The first-order valence-electron chi connectivity index (χ1n) is 4.91. The number of aliphatic hydroxyl groups excluding tert-OH is 2. The zero-order valence-electron chi connectivity index (χ0n) is 8.48. The monoisotopic (exact) mass is 193 g/mol. The number of rotatable bonds is 5. The van der Waals surface area contributed by atoms with Crippen LogP contribution < -0.4 is 0 Å². The average molecular weight is 193 g/mol. The summed E-state index contributed by atoms with van der Waals surface area (Å²) in [5.74, 6) is 0.228. The van der Waals surface area contributed by atoms with Crippen molar-refractivity contribution in [2.75, 3.05) is 6.61 Å². The molecule has 1 atom stereocenters. The molecule has 0 amide bonds. The third kappa shape index (κ3) is 3.48. The SMILES string of the molecule is C[C](O)CC(CCO)c1ccccc1. The third-order valence-electron chi connectivity index (χ3n) is 2.29. The van der Waals surface area contributed by atoms with Crippen LogP contribution in [0.25, 0.3) is 0 Å². The van der Waals surface area contributed by atoms with Crippen molar-refractivity contribution >= 4 is 0 Å². The van der Waals surface area contributed by atoms with Crippen molar-refractivity contribution in [3.05, 3.63) is 42.0 Å². The van der Waals surface area contributed by atoms with Gasteiger partial charge in [0.2, 0.25) is 0 Å². The molecule has 0 aromatic heterocycles. The highest BCUT2D eigenvalue weighted by Gasteiger charge is 2.13. The molecule has 0 saturated carbocycles. The van der Waals surface area contributed by atoms with Crippen molar-refractivity contribution < 1.29 is 10.2 Å². The Morgan fingerprint density at radius 1 is 1.29 bits per heavy atom. The summed E-state index contributed by atoms with van der Waals surface area (Å²) in [6, 6.07) is 9.99. The van der Waals surface area contributed by atoms with Crippen LogP contribution in [-0.4, -0.2) is 16.8 Å². The van der Waals surface area contributed by atoms with Crippen molar-refractivity contribution in [3.63, 3.8) is 0 Å². The van der Waals surface area contributed by atoms with E-state index in [1.807, 2.05) is 30.3 Å². The van der Waals surface area contributed by atoms with Gasteiger partial charge in [0.15, 0.2) is 0 Å². The summed E-state index contributed by atoms with van der Waals surface area (Å²) in [5.41, 5.74) is 1.18. The summed E-state index contributed by atoms with van der Waals surface area (Å²) in [5, 5.41) is 18.2. The van der Waals surface area contributed by atoms with E-state index >= 15 is 0 Å². The Morgan fingerprint density at radius 2 is 1.93 bits per heavy atom. The molecule has 2 nitrogen and oxygen atoms in total. The van der Waals surface area contributed by atoms with Gasteiger partial charge in [-0.1, -0.05) is 30.3 Å². The van der Waals surface area contributed by atoms with Gasteiger partial charge in [-0.3, -0.25) is 0 Å². The first-order chi connectivity index (χ1) is 6.74. The number of hydrogen-bond acceptors (Lipinski definition) is 2. The quantitative estimate of drug-likeness (QED) is 0.754. The topological polar surface area (TPSA) is 40.5 Å². The van der Waals surface area contributed by atoms with Gasteiger partial charge >= 0.3 is 0 Å². The molecule has 0 heterocycles. The van der Waals surface area contributed by atoms with Gasteiger partial charge in [0, 0.05) is 6.61 Å². The molecule has 0 aliphatic rings. The minimum absolute atomic E-state index is 0.160. The van der Waals surface area contributed by atoms with E-state index in [1.165, 1.54) is 5.56 Å². The summed E-state index contributed by atoms with van der Waals surface area (Å²) in [6.45, 7) is 1.86. The van der Waals surface area contributed by atoms with Gasteiger partial charge in [0.05, 0.1) is 6.10 Å². The number of benzene rings is 1. The normalized spacial score (nSPS) is 13.1. The number of hydrogen-bond donors (Lipinski definition) is 2. The molecule has 0 spiro atoms. The van der Waals surface area contributed by atoms with Gasteiger partial charge in [0.25, 0.3) is 0 Å². The standard InChI is InChI=1S/C12H17O2/c1-10(14)9-12(7-8-13)11-5-3-2-4-6-11/h2-6,12-14H,7-9H2,1H3. The highest BCUT2D eigenvalue weighted by molar-refractivity contribution is 5.20. The molecule has 1 aromatic carbocycles. The molecule has 1 radical (unpaired) electrons. The molecular formula is C12H17O2. The zero-order valence-corrected chi connectivity index (χ0v) is 8.48.